The molecule has 158 valence electrons. The van der Waals surface area contributed by atoms with Crippen molar-refractivity contribution in [3.05, 3.63) is 83.3 Å². The van der Waals surface area contributed by atoms with Crippen LogP contribution in [0.2, 0.25) is 5.02 Å². The summed E-state index contributed by atoms with van der Waals surface area (Å²) >= 11 is 5.96. The van der Waals surface area contributed by atoms with Gasteiger partial charge in [-0.2, -0.15) is 5.10 Å². The van der Waals surface area contributed by atoms with Crippen LogP contribution in [0.4, 0.5) is 4.39 Å². The van der Waals surface area contributed by atoms with Crippen LogP contribution in [0.1, 0.15) is 12.0 Å². The van der Waals surface area contributed by atoms with Crippen LogP contribution in [0, 0.1) is 5.82 Å². The second-order valence-electron chi connectivity index (χ2n) is 7.09. The summed E-state index contributed by atoms with van der Waals surface area (Å²) in [6.07, 6.45) is 2.14. The number of fused-ring (bicyclic) bond motifs is 1. The van der Waals surface area contributed by atoms with Gasteiger partial charge >= 0.3 is 0 Å². The summed E-state index contributed by atoms with van der Waals surface area (Å²) in [7, 11) is 1.62. The molecule has 0 bridgehead atoms. The van der Waals surface area contributed by atoms with E-state index in [1.54, 1.807) is 25.4 Å². The third-order valence-electron chi connectivity index (χ3n) is 5.09. The largest absolute Gasteiger partial charge is 0.489 e. The van der Waals surface area contributed by atoms with Crippen LogP contribution >= 0.6 is 11.6 Å². The smallest absolute Gasteiger partial charge is 0.221 e. The number of carbonyl (C=O) groups excluding carboxylic acids is 1. The number of aryl methyl sites for hydroxylation is 1. The summed E-state index contributed by atoms with van der Waals surface area (Å²) in [5.41, 5.74) is 3.68. The third-order valence-corrected chi connectivity index (χ3v) is 5.37. The first-order chi connectivity index (χ1) is 15.0. The molecule has 1 N–H and O–H groups in total. The number of hydrogen-bond acceptors (Lipinski definition) is 3. The molecule has 1 amide bonds. The number of ether oxygens (including phenoxy) is 1. The van der Waals surface area contributed by atoms with Gasteiger partial charge in [0.2, 0.25) is 5.91 Å². The fourth-order valence-electron chi connectivity index (χ4n) is 3.42. The van der Waals surface area contributed by atoms with Gasteiger partial charge in [0.05, 0.1) is 23.3 Å². The number of nitrogens with zero attached hydrogens (tertiary/aromatic N) is 2. The number of amides is 1. The van der Waals surface area contributed by atoms with Crippen LogP contribution in [-0.2, 0) is 17.9 Å². The second-order valence-corrected chi connectivity index (χ2v) is 7.49. The maximum atomic E-state index is 13.5. The summed E-state index contributed by atoms with van der Waals surface area (Å²) in [4.78, 5) is 11.5. The van der Waals surface area contributed by atoms with Crippen molar-refractivity contribution in [1.82, 2.24) is 15.1 Å². The predicted octanol–water partition coefficient (Wildman–Crippen LogP) is 5.21. The van der Waals surface area contributed by atoms with E-state index in [2.05, 4.69) is 10.4 Å². The first kappa shape index (κ1) is 20.9. The van der Waals surface area contributed by atoms with E-state index >= 15 is 0 Å². The van der Waals surface area contributed by atoms with E-state index in [0.29, 0.717) is 25.3 Å². The standard InChI is InChI=1S/C24H21ClFN3O2/c1-27-24(30)10-11-29-23-9-7-19(12-18(23)14-28-29)31-15-17-4-2-3-5-20(17)16-6-8-22(26)21(25)13-16/h2-9,12-14H,10-11,15H2,1H3,(H,27,30). The van der Waals surface area contributed by atoms with E-state index in [9.17, 15) is 9.18 Å². The fraction of sp³-hybridized carbons (Fsp3) is 0.167. The molecule has 0 aliphatic rings. The Labute approximate surface area is 184 Å². The molecule has 31 heavy (non-hydrogen) atoms. The van der Waals surface area contributed by atoms with Crippen molar-refractivity contribution in [3.63, 3.8) is 0 Å². The summed E-state index contributed by atoms with van der Waals surface area (Å²) < 4.78 is 21.4. The predicted molar refractivity (Wildman–Crippen MR) is 120 cm³/mol. The Balaban J connectivity index is 1.51. The zero-order valence-corrected chi connectivity index (χ0v) is 17.7. The molecule has 0 aliphatic carbocycles. The zero-order chi connectivity index (χ0) is 21.8. The third kappa shape index (κ3) is 4.70. The Morgan fingerprint density at radius 1 is 1.16 bits per heavy atom. The SMILES string of the molecule is CNC(=O)CCn1ncc2cc(OCc3ccccc3-c3ccc(F)c(Cl)c3)ccc21. The van der Waals surface area contributed by atoms with E-state index in [1.807, 2.05) is 47.1 Å². The van der Waals surface area contributed by atoms with Gasteiger partial charge in [-0.05, 0) is 47.0 Å². The van der Waals surface area contributed by atoms with Crippen molar-refractivity contribution in [2.24, 2.45) is 0 Å². The van der Waals surface area contributed by atoms with E-state index in [4.69, 9.17) is 16.3 Å². The van der Waals surface area contributed by atoms with E-state index < -0.39 is 5.82 Å². The van der Waals surface area contributed by atoms with Crippen molar-refractivity contribution in [2.45, 2.75) is 19.6 Å². The van der Waals surface area contributed by atoms with Crippen molar-refractivity contribution < 1.29 is 13.9 Å². The minimum atomic E-state index is -0.441. The lowest BCUT2D eigenvalue weighted by molar-refractivity contribution is -0.120. The van der Waals surface area contributed by atoms with Crippen LogP contribution in [-0.4, -0.2) is 22.7 Å². The molecule has 0 unspecified atom stereocenters. The number of rotatable bonds is 7. The molecule has 0 radical (unpaired) electrons. The number of carbonyl (C=O) groups is 1. The molecule has 0 saturated carbocycles. The summed E-state index contributed by atoms with van der Waals surface area (Å²) in [5, 5.41) is 8.01. The van der Waals surface area contributed by atoms with E-state index in [1.165, 1.54) is 6.07 Å². The topological polar surface area (TPSA) is 56.2 Å². The van der Waals surface area contributed by atoms with Gasteiger partial charge in [-0.1, -0.05) is 41.9 Å². The molecule has 5 nitrogen and oxygen atoms in total. The lowest BCUT2D eigenvalue weighted by Gasteiger charge is -2.12. The molecular formula is C24H21ClFN3O2. The molecule has 1 aromatic heterocycles. The van der Waals surface area contributed by atoms with Gasteiger partial charge in [0.15, 0.2) is 0 Å². The van der Waals surface area contributed by atoms with E-state index in [0.717, 1.165) is 27.6 Å². The minimum Gasteiger partial charge on any atom is -0.489 e. The molecule has 4 aromatic rings. The van der Waals surface area contributed by atoms with Crippen LogP contribution < -0.4 is 10.1 Å². The Kier molecular flexibility index (Phi) is 6.18. The van der Waals surface area contributed by atoms with Crippen molar-refractivity contribution in [2.75, 3.05) is 7.05 Å². The number of benzene rings is 3. The molecule has 1 heterocycles. The quantitative estimate of drug-likeness (QED) is 0.431. The number of halogens is 2. The van der Waals surface area contributed by atoms with Gasteiger partial charge in [-0.25, -0.2) is 4.39 Å². The highest BCUT2D eigenvalue weighted by Crippen LogP contribution is 2.29. The highest BCUT2D eigenvalue weighted by Gasteiger charge is 2.10. The number of hydrogen-bond donors (Lipinski definition) is 1. The highest BCUT2D eigenvalue weighted by atomic mass is 35.5. The van der Waals surface area contributed by atoms with Crippen LogP contribution in [0.5, 0.6) is 5.75 Å². The summed E-state index contributed by atoms with van der Waals surface area (Å²) in [6, 6.07) is 18.2. The molecule has 3 aromatic carbocycles. The lowest BCUT2D eigenvalue weighted by Crippen LogP contribution is -2.19. The minimum absolute atomic E-state index is 0.0234. The van der Waals surface area contributed by atoms with Gasteiger partial charge in [0.1, 0.15) is 18.2 Å². The second kappa shape index (κ2) is 9.18. The molecule has 4 rings (SSSR count). The lowest BCUT2D eigenvalue weighted by atomic mass is 10.00. The Bertz CT molecular complexity index is 1240. The van der Waals surface area contributed by atoms with Gasteiger partial charge in [-0.15, -0.1) is 0 Å². The Hall–Kier alpha value is -3.38. The molecular weight excluding hydrogens is 417 g/mol. The van der Waals surface area contributed by atoms with Crippen molar-refractivity contribution >= 4 is 28.4 Å². The number of nitrogens with one attached hydrogen (secondary N) is 1. The monoisotopic (exact) mass is 437 g/mol. The zero-order valence-electron chi connectivity index (χ0n) is 16.9. The Morgan fingerprint density at radius 3 is 2.81 bits per heavy atom. The van der Waals surface area contributed by atoms with E-state index in [-0.39, 0.29) is 10.9 Å². The summed E-state index contributed by atoms with van der Waals surface area (Å²) in [5.74, 6) is 0.248. The van der Waals surface area contributed by atoms with Crippen LogP contribution in [0.25, 0.3) is 22.0 Å². The maximum Gasteiger partial charge on any atom is 0.221 e. The first-order valence-corrected chi connectivity index (χ1v) is 10.3. The van der Waals surface area contributed by atoms with Gasteiger partial charge in [0.25, 0.3) is 0 Å². The van der Waals surface area contributed by atoms with Crippen LogP contribution in [0.15, 0.2) is 66.9 Å². The average molecular weight is 438 g/mol. The van der Waals surface area contributed by atoms with Gasteiger partial charge in [-0.3, -0.25) is 9.48 Å². The summed E-state index contributed by atoms with van der Waals surface area (Å²) in [6.45, 7) is 0.860. The molecule has 0 fully saturated rings. The molecule has 7 heteroatoms. The van der Waals surface area contributed by atoms with Crippen LogP contribution in [0.3, 0.4) is 0 Å². The molecule has 0 atom stereocenters. The van der Waals surface area contributed by atoms with Gasteiger partial charge < -0.3 is 10.1 Å². The fourth-order valence-corrected chi connectivity index (χ4v) is 3.60. The molecule has 0 spiro atoms. The molecule has 0 saturated heterocycles. The average Bonchev–Trinajstić information content (AvgIpc) is 3.20. The normalized spacial score (nSPS) is 10.9. The van der Waals surface area contributed by atoms with Crippen molar-refractivity contribution in [1.29, 1.82) is 0 Å². The molecule has 0 aliphatic heterocycles. The highest BCUT2D eigenvalue weighted by molar-refractivity contribution is 6.31. The first-order valence-electron chi connectivity index (χ1n) is 9.87. The maximum absolute atomic E-state index is 13.5. The Morgan fingerprint density at radius 2 is 2.00 bits per heavy atom. The van der Waals surface area contributed by atoms with Crippen molar-refractivity contribution in [3.8, 4) is 16.9 Å². The number of aromatic nitrogens is 2. The van der Waals surface area contributed by atoms with Gasteiger partial charge in [0, 0.05) is 18.9 Å².